The van der Waals surface area contributed by atoms with E-state index in [1.54, 1.807) is 12.1 Å². The Hall–Kier alpha value is -2.62. The van der Waals surface area contributed by atoms with Gasteiger partial charge in [0.15, 0.2) is 0 Å². The van der Waals surface area contributed by atoms with E-state index in [1.165, 1.54) is 6.92 Å². The summed E-state index contributed by atoms with van der Waals surface area (Å²) < 4.78 is 0. The van der Waals surface area contributed by atoms with Crippen molar-refractivity contribution in [1.29, 1.82) is 0 Å². The third-order valence-corrected chi connectivity index (χ3v) is 2.97. The summed E-state index contributed by atoms with van der Waals surface area (Å²) >= 11 is 0. The van der Waals surface area contributed by atoms with Gasteiger partial charge in [-0.15, -0.1) is 0 Å². The standard InChI is InChI=1S/C16H15NO3/c1-11(16(19)20)17-15(18)14-9-7-13(8-10-14)12-5-3-2-4-6-12/h2-11H,1H3,(H,17,18)(H,19,20). The molecule has 0 radical (unpaired) electrons. The van der Waals surface area contributed by atoms with Gasteiger partial charge in [-0.05, 0) is 30.2 Å². The molecule has 0 fully saturated rings. The molecule has 4 nitrogen and oxygen atoms in total. The van der Waals surface area contributed by atoms with E-state index in [1.807, 2.05) is 42.5 Å². The molecule has 0 aliphatic rings. The van der Waals surface area contributed by atoms with Gasteiger partial charge in [0.1, 0.15) is 6.04 Å². The minimum Gasteiger partial charge on any atom is -0.480 e. The molecule has 0 heterocycles. The number of nitrogens with one attached hydrogen (secondary N) is 1. The smallest absolute Gasteiger partial charge is 0.325 e. The van der Waals surface area contributed by atoms with Gasteiger partial charge in [-0.3, -0.25) is 9.59 Å². The van der Waals surface area contributed by atoms with Crippen LogP contribution in [0.3, 0.4) is 0 Å². The van der Waals surface area contributed by atoms with Gasteiger partial charge in [0.05, 0.1) is 0 Å². The van der Waals surface area contributed by atoms with E-state index in [-0.39, 0.29) is 5.91 Å². The zero-order valence-electron chi connectivity index (χ0n) is 11.0. The second-order valence-electron chi connectivity index (χ2n) is 4.48. The lowest BCUT2D eigenvalue weighted by Crippen LogP contribution is -2.38. The fraction of sp³-hybridized carbons (Fsp3) is 0.125. The molecule has 4 heteroatoms. The molecule has 0 aromatic heterocycles. The van der Waals surface area contributed by atoms with Crippen LogP contribution in [0.1, 0.15) is 17.3 Å². The SMILES string of the molecule is CC(NC(=O)c1ccc(-c2ccccc2)cc1)C(=O)O. The molecule has 0 saturated heterocycles. The van der Waals surface area contributed by atoms with Gasteiger partial charge < -0.3 is 10.4 Å². The summed E-state index contributed by atoms with van der Waals surface area (Å²) in [6, 6.07) is 16.0. The molecule has 1 amide bonds. The number of carboxylic acids is 1. The molecule has 0 aliphatic carbocycles. The van der Waals surface area contributed by atoms with Gasteiger partial charge in [0, 0.05) is 5.56 Å². The highest BCUT2D eigenvalue weighted by molar-refractivity contribution is 5.96. The summed E-state index contributed by atoms with van der Waals surface area (Å²) in [7, 11) is 0. The topological polar surface area (TPSA) is 66.4 Å². The molecule has 0 aliphatic heterocycles. The predicted molar refractivity (Wildman–Crippen MR) is 76.4 cm³/mol. The second kappa shape index (κ2) is 6.02. The van der Waals surface area contributed by atoms with Crippen LogP contribution in [-0.2, 0) is 4.79 Å². The molecular formula is C16H15NO3. The Labute approximate surface area is 117 Å². The van der Waals surface area contributed by atoms with Crippen molar-refractivity contribution >= 4 is 11.9 Å². The lowest BCUT2D eigenvalue weighted by Gasteiger charge is -2.09. The first-order valence-electron chi connectivity index (χ1n) is 6.27. The first-order valence-corrected chi connectivity index (χ1v) is 6.27. The van der Waals surface area contributed by atoms with Crippen molar-refractivity contribution in [2.45, 2.75) is 13.0 Å². The maximum absolute atomic E-state index is 11.8. The largest absolute Gasteiger partial charge is 0.480 e. The quantitative estimate of drug-likeness (QED) is 0.896. The molecule has 2 aromatic rings. The van der Waals surface area contributed by atoms with Gasteiger partial charge >= 0.3 is 5.97 Å². The number of carboxylic acid groups (broad SMARTS) is 1. The maximum Gasteiger partial charge on any atom is 0.325 e. The minimum atomic E-state index is -1.06. The van der Waals surface area contributed by atoms with E-state index in [0.717, 1.165) is 11.1 Å². The number of rotatable bonds is 4. The highest BCUT2D eigenvalue weighted by Crippen LogP contribution is 2.19. The zero-order valence-corrected chi connectivity index (χ0v) is 11.0. The minimum absolute atomic E-state index is 0.389. The van der Waals surface area contributed by atoms with E-state index in [9.17, 15) is 9.59 Å². The van der Waals surface area contributed by atoms with Gasteiger partial charge in [-0.1, -0.05) is 42.5 Å². The average Bonchev–Trinajstić information content (AvgIpc) is 2.48. The molecule has 0 saturated carbocycles. The Morgan fingerprint density at radius 2 is 1.50 bits per heavy atom. The van der Waals surface area contributed by atoms with Crippen molar-refractivity contribution < 1.29 is 14.7 Å². The van der Waals surface area contributed by atoms with E-state index in [0.29, 0.717) is 5.56 Å². The van der Waals surface area contributed by atoms with Crippen LogP contribution in [0.15, 0.2) is 54.6 Å². The molecule has 20 heavy (non-hydrogen) atoms. The van der Waals surface area contributed by atoms with E-state index in [4.69, 9.17) is 5.11 Å². The van der Waals surface area contributed by atoms with Crippen molar-refractivity contribution in [2.24, 2.45) is 0 Å². The molecule has 0 spiro atoms. The average molecular weight is 269 g/mol. The van der Waals surface area contributed by atoms with Gasteiger partial charge in [-0.25, -0.2) is 0 Å². The van der Waals surface area contributed by atoms with Crippen LogP contribution in [0, 0.1) is 0 Å². The first kappa shape index (κ1) is 13.8. The van der Waals surface area contributed by atoms with Crippen LogP contribution in [0.5, 0.6) is 0 Å². The van der Waals surface area contributed by atoms with Crippen LogP contribution >= 0.6 is 0 Å². The Morgan fingerprint density at radius 3 is 2.05 bits per heavy atom. The normalized spacial score (nSPS) is 11.7. The van der Waals surface area contributed by atoms with Gasteiger partial charge in [0.25, 0.3) is 5.91 Å². The van der Waals surface area contributed by atoms with Crippen LogP contribution in [0.25, 0.3) is 11.1 Å². The number of hydrogen-bond donors (Lipinski definition) is 2. The van der Waals surface area contributed by atoms with E-state index >= 15 is 0 Å². The van der Waals surface area contributed by atoms with E-state index < -0.39 is 12.0 Å². The van der Waals surface area contributed by atoms with Crippen molar-refractivity contribution in [3.05, 3.63) is 60.2 Å². The predicted octanol–water partition coefficient (Wildman–Crippen LogP) is 2.56. The zero-order chi connectivity index (χ0) is 14.5. The lowest BCUT2D eigenvalue weighted by atomic mass is 10.0. The van der Waals surface area contributed by atoms with Crippen LogP contribution in [-0.4, -0.2) is 23.0 Å². The molecule has 2 N–H and O–H groups in total. The molecule has 1 unspecified atom stereocenters. The number of carbonyl (C=O) groups is 2. The molecule has 2 rings (SSSR count). The summed E-state index contributed by atoms with van der Waals surface area (Å²) in [5.74, 6) is -1.45. The highest BCUT2D eigenvalue weighted by atomic mass is 16.4. The Kier molecular flexibility index (Phi) is 4.15. The van der Waals surface area contributed by atoms with Crippen LogP contribution < -0.4 is 5.32 Å². The number of hydrogen-bond acceptors (Lipinski definition) is 2. The van der Waals surface area contributed by atoms with Gasteiger partial charge in [-0.2, -0.15) is 0 Å². The van der Waals surface area contributed by atoms with Crippen LogP contribution in [0.4, 0.5) is 0 Å². The monoisotopic (exact) mass is 269 g/mol. The number of carbonyl (C=O) groups excluding carboxylic acids is 1. The lowest BCUT2D eigenvalue weighted by molar-refractivity contribution is -0.138. The van der Waals surface area contributed by atoms with Crippen molar-refractivity contribution in [3.8, 4) is 11.1 Å². The summed E-state index contributed by atoms with van der Waals surface area (Å²) in [4.78, 5) is 22.5. The van der Waals surface area contributed by atoms with Crippen LogP contribution in [0.2, 0.25) is 0 Å². The number of benzene rings is 2. The van der Waals surface area contributed by atoms with Crippen molar-refractivity contribution in [2.75, 3.05) is 0 Å². The molecule has 0 bridgehead atoms. The Morgan fingerprint density at radius 1 is 0.950 bits per heavy atom. The van der Waals surface area contributed by atoms with Gasteiger partial charge in [0.2, 0.25) is 0 Å². The number of amides is 1. The molecule has 102 valence electrons. The van der Waals surface area contributed by atoms with Crippen molar-refractivity contribution in [1.82, 2.24) is 5.32 Å². The second-order valence-corrected chi connectivity index (χ2v) is 4.48. The maximum atomic E-state index is 11.8. The fourth-order valence-electron chi connectivity index (χ4n) is 1.79. The summed E-state index contributed by atoms with van der Waals surface area (Å²) in [6.07, 6.45) is 0. The molecule has 2 aromatic carbocycles. The summed E-state index contributed by atoms with van der Waals surface area (Å²) in [6.45, 7) is 1.43. The highest BCUT2D eigenvalue weighted by Gasteiger charge is 2.15. The molecule has 1 atom stereocenters. The Bertz CT molecular complexity index is 605. The fourth-order valence-corrected chi connectivity index (χ4v) is 1.79. The van der Waals surface area contributed by atoms with Crippen molar-refractivity contribution in [3.63, 3.8) is 0 Å². The number of aliphatic carboxylic acids is 1. The van der Waals surface area contributed by atoms with E-state index in [2.05, 4.69) is 5.32 Å². The summed E-state index contributed by atoms with van der Waals surface area (Å²) in [5, 5.41) is 11.2. The third kappa shape index (κ3) is 3.23. The third-order valence-electron chi connectivity index (χ3n) is 2.97. The first-order chi connectivity index (χ1) is 9.58. The summed E-state index contributed by atoms with van der Waals surface area (Å²) in [5.41, 5.74) is 2.52. The molecular weight excluding hydrogens is 254 g/mol. The Balaban J connectivity index is 2.12.